The molecule has 0 bridgehead atoms. The van der Waals surface area contributed by atoms with Crippen molar-refractivity contribution in [2.75, 3.05) is 0 Å². The van der Waals surface area contributed by atoms with Gasteiger partial charge in [-0.25, -0.2) is 9.36 Å². The van der Waals surface area contributed by atoms with Gasteiger partial charge in [0, 0.05) is 4.47 Å². The summed E-state index contributed by atoms with van der Waals surface area (Å²) in [7, 11) is 0. The zero-order valence-corrected chi connectivity index (χ0v) is 12.2. The topological polar surface area (TPSA) is 54.9 Å². The normalized spacial score (nSPS) is 10.7. The first-order valence-electron chi connectivity index (χ1n) is 4.88. The predicted octanol–water partition coefficient (Wildman–Crippen LogP) is 2.90. The van der Waals surface area contributed by atoms with Crippen LogP contribution in [0.25, 0.3) is 5.69 Å². The standard InChI is InChI=1S/C11H7BrCl2N2O2/c1-5-9(14)15-11(18)16(10(5)17)6-2-3-8(13)7(12)4-6/h2-4H,1H3,(H,15,18). The number of H-pyrrole nitrogens is 1. The van der Waals surface area contributed by atoms with Crippen LogP contribution in [0.2, 0.25) is 10.2 Å². The van der Waals surface area contributed by atoms with Crippen LogP contribution in [0.15, 0.2) is 32.3 Å². The minimum atomic E-state index is -0.593. The zero-order chi connectivity index (χ0) is 13.4. The van der Waals surface area contributed by atoms with E-state index in [4.69, 9.17) is 23.2 Å². The van der Waals surface area contributed by atoms with E-state index in [0.29, 0.717) is 15.2 Å². The van der Waals surface area contributed by atoms with Gasteiger partial charge in [0.1, 0.15) is 5.15 Å². The minimum Gasteiger partial charge on any atom is -0.297 e. The van der Waals surface area contributed by atoms with E-state index in [1.807, 2.05) is 0 Å². The third-order valence-corrected chi connectivity index (χ3v) is 4.03. The second-order valence-electron chi connectivity index (χ2n) is 3.61. The highest BCUT2D eigenvalue weighted by Crippen LogP contribution is 2.24. The van der Waals surface area contributed by atoms with Crippen LogP contribution in [0, 0.1) is 6.92 Å². The van der Waals surface area contributed by atoms with Crippen molar-refractivity contribution in [3.05, 3.63) is 59.2 Å². The first kappa shape index (κ1) is 13.4. The highest BCUT2D eigenvalue weighted by atomic mass is 79.9. The molecule has 18 heavy (non-hydrogen) atoms. The second kappa shape index (κ2) is 4.91. The van der Waals surface area contributed by atoms with Crippen LogP contribution in [0.1, 0.15) is 5.56 Å². The molecule has 0 saturated heterocycles. The Kier molecular flexibility index (Phi) is 3.66. The van der Waals surface area contributed by atoms with Crippen molar-refractivity contribution >= 4 is 39.1 Å². The Morgan fingerprint density at radius 2 is 1.94 bits per heavy atom. The molecule has 2 aromatic rings. The highest BCUT2D eigenvalue weighted by molar-refractivity contribution is 9.10. The maximum Gasteiger partial charge on any atom is 0.334 e. The molecule has 0 aliphatic rings. The zero-order valence-electron chi connectivity index (χ0n) is 9.13. The van der Waals surface area contributed by atoms with Crippen LogP contribution in [-0.4, -0.2) is 9.55 Å². The lowest BCUT2D eigenvalue weighted by molar-refractivity contribution is 0.859. The van der Waals surface area contributed by atoms with Crippen LogP contribution in [-0.2, 0) is 0 Å². The van der Waals surface area contributed by atoms with Crippen molar-refractivity contribution in [2.24, 2.45) is 0 Å². The molecule has 2 rings (SSSR count). The predicted molar refractivity (Wildman–Crippen MR) is 75.1 cm³/mol. The van der Waals surface area contributed by atoms with Crippen molar-refractivity contribution < 1.29 is 0 Å². The molecule has 0 saturated carbocycles. The molecule has 4 nitrogen and oxygen atoms in total. The number of hydrogen-bond acceptors (Lipinski definition) is 2. The summed E-state index contributed by atoms with van der Waals surface area (Å²) < 4.78 is 1.60. The molecule has 0 aliphatic heterocycles. The maximum absolute atomic E-state index is 12.0. The van der Waals surface area contributed by atoms with Crippen LogP contribution >= 0.6 is 39.1 Å². The fourth-order valence-electron chi connectivity index (χ4n) is 1.46. The van der Waals surface area contributed by atoms with Crippen molar-refractivity contribution in [1.82, 2.24) is 9.55 Å². The summed E-state index contributed by atoms with van der Waals surface area (Å²) in [6.07, 6.45) is 0. The van der Waals surface area contributed by atoms with Gasteiger partial charge in [-0.05, 0) is 41.1 Å². The molecule has 1 N–H and O–H groups in total. The summed E-state index contributed by atoms with van der Waals surface area (Å²) in [6, 6.07) is 4.76. The van der Waals surface area contributed by atoms with Crippen LogP contribution in [0.3, 0.4) is 0 Å². The van der Waals surface area contributed by atoms with E-state index in [2.05, 4.69) is 20.9 Å². The number of rotatable bonds is 1. The van der Waals surface area contributed by atoms with Crippen molar-refractivity contribution in [2.45, 2.75) is 6.92 Å². The monoisotopic (exact) mass is 348 g/mol. The van der Waals surface area contributed by atoms with E-state index in [9.17, 15) is 9.59 Å². The van der Waals surface area contributed by atoms with Gasteiger partial charge in [-0.1, -0.05) is 23.2 Å². The van der Waals surface area contributed by atoms with Crippen molar-refractivity contribution in [1.29, 1.82) is 0 Å². The van der Waals surface area contributed by atoms with Gasteiger partial charge in [-0.2, -0.15) is 0 Å². The Morgan fingerprint density at radius 3 is 2.56 bits per heavy atom. The second-order valence-corrected chi connectivity index (χ2v) is 5.25. The Morgan fingerprint density at radius 1 is 1.28 bits per heavy atom. The SMILES string of the molecule is Cc1c(Cl)[nH]c(=O)n(-c2ccc(Cl)c(Br)c2)c1=O. The first-order valence-corrected chi connectivity index (χ1v) is 6.43. The molecule has 0 fully saturated rings. The Balaban J connectivity index is 2.80. The van der Waals surface area contributed by atoms with Gasteiger partial charge in [0.05, 0.1) is 16.3 Å². The Labute approximate surface area is 120 Å². The van der Waals surface area contributed by atoms with Crippen LogP contribution in [0.4, 0.5) is 0 Å². The molecular formula is C11H7BrCl2N2O2. The van der Waals surface area contributed by atoms with Gasteiger partial charge < -0.3 is 0 Å². The van der Waals surface area contributed by atoms with E-state index in [0.717, 1.165) is 4.57 Å². The third-order valence-electron chi connectivity index (χ3n) is 2.43. The Bertz CT molecular complexity index is 737. The van der Waals surface area contributed by atoms with E-state index >= 15 is 0 Å². The van der Waals surface area contributed by atoms with Crippen LogP contribution in [0.5, 0.6) is 0 Å². The van der Waals surface area contributed by atoms with Gasteiger partial charge in [0.2, 0.25) is 0 Å². The molecule has 1 heterocycles. The number of benzene rings is 1. The minimum absolute atomic E-state index is 0.0503. The molecule has 1 aromatic heterocycles. The molecule has 0 aliphatic carbocycles. The number of hydrogen-bond donors (Lipinski definition) is 1. The summed E-state index contributed by atoms with van der Waals surface area (Å²) in [5.74, 6) is 0. The smallest absolute Gasteiger partial charge is 0.297 e. The summed E-state index contributed by atoms with van der Waals surface area (Å²) in [5.41, 5.74) is -0.359. The van der Waals surface area contributed by atoms with E-state index < -0.39 is 11.2 Å². The fourth-order valence-corrected chi connectivity index (χ4v) is 2.10. The highest BCUT2D eigenvalue weighted by Gasteiger charge is 2.11. The quantitative estimate of drug-likeness (QED) is 0.805. The van der Waals surface area contributed by atoms with Crippen LogP contribution < -0.4 is 11.2 Å². The average Bonchev–Trinajstić information content (AvgIpc) is 2.31. The molecule has 0 atom stereocenters. The number of nitrogens with one attached hydrogen (secondary N) is 1. The van der Waals surface area contributed by atoms with E-state index in [1.54, 1.807) is 25.1 Å². The molecule has 94 valence electrons. The lowest BCUT2D eigenvalue weighted by Gasteiger charge is -2.07. The first-order chi connectivity index (χ1) is 8.41. The summed E-state index contributed by atoms with van der Waals surface area (Å²) in [4.78, 5) is 26.2. The molecule has 0 radical (unpaired) electrons. The molecular weight excluding hydrogens is 343 g/mol. The van der Waals surface area contributed by atoms with Crippen molar-refractivity contribution in [3.8, 4) is 5.69 Å². The van der Waals surface area contributed by atoms with Gasteiger partial charge in [-0.15, -0.1) is 0 Å². The summed E-state index contributed by atoms with van der Waals surface area (Å²) in [6.45, 7) is 1.54. The number of aromatic amines is 1. The molecule has 0 spiro atoms. The largest absolute Gasteiger partial charge is 0.334 e. The average molecular weight is 350 g/mol. The van der Waals surface area contributed by atoms with Gasteiger partial charge in [0.25, 0.3) is 5.56 Å². The molecule has 1 aromatic carbocycles. The molecule has 7 heteroatoms. The lowest BCUT2D eigenvalue weighted by Crippen LogP contribution is -2.35. The summed E-state index contributed by atoms with van der Waals surface area (Å²) >= 11 is 14.8. The fraction of sp³-hybridized carbons (Fsp3) is 0.0909. The van der Waals surface area contributed by atoms with Crippen molar-refractivity contribution in [3.63, 3.8) is 0 Å². The van der Waals surface area contributed by atoms with Gasteiger partial charge in [-0.3, -0.25) is 9.78 Å². The number of aromatic nitrogens is 2. The molecule has 0 unspecified atom stereocenters. The Hall–Kier alpha value is -1.04. The van der Waals surface area contributed by atoms with Gasteiger partial charge in [0.15, 0.2) is 0 Å². The summed E-state index contributed by atoms with van der Waals surface area (Å²) in [5, 5.41) is 0.545. The molecule has 0 amide bonds. The number of halogens is 3. The number of nitrogens with zero attached hydrogens (tertiary/aromatic N) is 1. The maximum atomic E-state index is 12.0. The van der Waals surface area contributed by atoms with Gasteiger partial charge >= 0.3 is 5.69 Å². The van der Waals surface area contributed by atoms with E-state index in [-0.39, 0.29) is 10.7 Å². The lowest BCUT2D eigenvalue weighted by atomic mass is 10.3. The van der Waals surface area contributed by atoms with E-state index in [1.165, 1.54) is 0 Å². The third kappa shape index (κ3) is 2.25.